The van der Waals surface area contributed by atoms with Gasteiger partial charge in [-0.3, -0.25) is 4.79 Å². The molecular formula is C21H25N5O3. The van der Waals surface area contributed by atoms with Gasteiger partial charge in [0.05, 0.1) is 6.04 Å². The molecule has 29 heavy (non-hydrogen) atoms. The predicted octanol–water partition coefficient (Wildman–Crippen LogP) is 2.67. The van der Waals surface area contributed by atoms with Crippen LogP contribution in [0.4, 0.5) is 5.95 Å². The van der Waals surface area contributed by atoms with Gasteiger partial charge < -0.3 is 10.0 Å². The normalized spacial score (nSPS) is 20.1. The Bertz CT molecular complexity index is 869. The fourth-order valence-electron chi connectivity index (χ4n) is 3.47. The van der Waals surface area contributed by atoms with Crippen molar-refractivity contribution < 1.29 is 14.7 Å². The van der Waals surface area contributed by atoms with E-state index in [0.29, 0.717) is 38.3 Å². The molecule has 0 saturated carbocycles. The van der Waals surface area contributed by atoms with Crippen molar-refractivity contribution in [3.63, 3.8) is 0 Å². The largest absolute Gasteiger partial charge is 0.477 e. The van der Waals surface area contributed by atoms with E-state index in [4.69, 9.17) is 5.11 Å². The van der Waals surface area contributed by atoms with Crippen LogP contribution in [0.15, 0.2) is 53.8 Å². The highest BCUT2D eigenvalue weighted by atomic mass is 16.4. The number of amides is 1. The van der Waals surface area contributed by atoms with E-state index >= 15 is 0 Å². The first kappa shape index (κ1) is 20.4. The first-order chi connectivity index (χ1) is 14.0. The van der Waals surface area contributed by atoms with Gasteiger partial charge in [-0.1, -0.05) is 30.9 Å². The first-order valence-corrected chi connectivity index (χ1v) is 9.66. The van der Waals surface area contributed by atoms with Crippen LogP contribution in [0.2, 0.25) is 0 Å². The zero-order valence-electron chi connectivity index (χ0n) is 16.4. The quantitative estimate of drug-likeness (QED) is 0.744. The van der Waals surface area contributed by atoms with Gasteiger partial charge in [0.15, 0.2) is 5.69 Å². The highest BCUT2D eigenvalue weighted by molar-refractivity contribution is 5.85. The van der Waals surface area contributed by atoms with Gasteiger partial charge in [0, 0.05) is 37.8 Å². The molecule has 1 aromatic heterocycles. The van der Waals surface area contributed by atoms with Gasteiger partial charge in [0.25, 0.3) is 0 Å². The van der Waals surface area contributed by atoms with Gasteiger partial charge in [0.1, 0.15) is 0 Å². The minimum absolute atomic E-state index is 0.00388. The highest BCUT2D eigenvalue weighted by Crippen LogP contribution is 2.27. The number of allylic oxidation sites excluding steroid dienone is 3. The average molecular weight is 395 g/mol. The molecule has 0 aliphatic carbocycles. The smallest absolute Gasteiger partial charge is 0.354 e. The molecule has 1 amide bonds. The zero-order chi connectivity index (χ0) is 20.8. The molecule has 2 aliphatic rings. The zero-order valence-corrected chi connectivity index (χ0v) is 16.4. The summed E-state index contributed by atoms with van der Waals surface area (Å²) in [5, 5.41) is 14.9. The fraction of sp³-hybridized carbons (Fsp3) is 0.381. The van der Waals surface area contributed by atoms with Crippen molar-refractivity contribution in [1.29, 1.82) is 0 Å². The van der Waals surface area contributed by atoms with Crippen molar-refractivity contribution in [2.75, 3.05) is 18.0 Å². The number of aromatic carboxylic acids is 1. The SMILES string of the molecule is C=C(/C=C\C=C/C)[C@@H]1CC=NN1C(=O)C1CCN(c2nccc(C(=O)O)n2)CC1. The summed E-state index contributed by atoms with van der Waals surface area (Å²) in [6.07, 6.45) is 12.8. The van der Waals surface area contributed by atoms with Crippen LogP contribution in [-0.2, 0) is 4.79 Å². The van der Waals surface area contributed by atoms with Crippen LogP contribution in [0, 0.1) is 5.92 Å². The number of hydrazone groups is 1. The topological polar surface area (TPSA) is 99.0 Å². The highest BCUT2D eigenvalue weighted by Gasteiger charge is 2.35. The van der Waals surface area contributed by atoms with Crippen LogP contribution in [0.1, 0.15) is 36.7 Å². The number of aromatic nitrogens is 2. The van der Waals surface area contributed by atoms with E-state index in [0.717, 1.165) is 5.57 Å². The molecular weight excluding hydrogens is 370 g/mol. The van der Waals surface area contributed by atoms with Gasteiger partial charge in [-0.2, -0.15) is 5.10 Å². The molecule has 3 rings (SSSR count). The van der Waals surface area contributed by atoms with Crippen molar-refractivity contribution in [1.82, 2.24) is 15.0 Å². The van der Waals surface area contributed by atoms with Crippen LogP contribution >= 0.6 is 0 Å². The fourth-order valence-corrected chi connectivity index (χ4v) is 3.47. The molecule has 0 unspecified atom stereocenters. The molecule has 1 N–H and O–H groups in total. The number of carboxylic acid groups (broad SMARTS) is 1. The van der Waals surface area contributed by atoms with Crippen LogP contribution in [0.25, 0.3) is 0 Å². The Labute approximate surface area is 169 Å². The van der Waals surface area contributed by atoms with Crippen LogP contribution in [-0.4, -0.2) is 57.3 Å². The molecule has 0 aromatic carbocycles. The second kappa shape index (κ2) is 9.27. The van der Waals surface area contributed by atoms with E-state index in [2.05, 4.69) is 21.6 Å². The molecule has 0 bridgehead atoms. The number of hydrogen-bond acceptors (Lipinski definition) is 6. The Balaban J connectivity index is 1.61. The molecule has 8 nitrogen and oxygen atoms in total. The Morgan fingerprint density at radius 1 is 1.28 bits per heavy atom. The Morgan fingerprint density at radius 2 is 2.03 bits per heavy atom. The molecule has 1 fully saturated rings. The molecule has 0 radical (unpaired) electrons. The predicted molar refractivity (Wildman–Crippen MR) is 111 cm³/mol. The summed E-state index contributed by atoms with van der Waals surface area (Å²) in [4.78, 5) is 34.3. The minimum Gasteiger partial charge on any atom is -0.477 e. The number of hydrogen-bond donors (Lipinski definition) is 1. The molecule has 2 aliphatic heterocycles. The van der Waals surface area contributed by atoms with Crippen molar-refractivity contribution in [2.24, 2.45) is 11.0 Å². The standard InChI is InChI=1S/C21H25N5O3/c1-3-4-5-6-15(2)18-8-12-23-26(18)19(27)16-9-13-25(14-10-16)21-22-11-7-17(24-21)20(28)29/h3-7,11-12,16,18H,2,8-10,13-14H2,1H3,(H,28,29)/b4-3-,6-5-/t18-/m0/s1. The number of piperidine rings is 1. The number of rotatable bonds is 6. The Kier molecular flexibility index (Phi) is 6.54. The minimum atomic E-state index is -1.08. The molecule has 1 saturated heterocycles. The summed E-state index contributed by atoms with van der Waals surface area (Å²) in [5.41, 5.74) is 0.817. The molecule has 8 heteroatoms. The van der Waals surface area contributed by atoms with E-state index in [-0.39, 0.29) is 23.6 Å². The summed E-state index contributed by atoms with van der Waals surface area (Å²) in [6.45, 7) is 7.21. The van der Waals surface area contributed by atoms with Crippen LogP contribution in [0.3, 0.4) is 0 Å². The number of carboxylic acids is 1. The lowest BCUT2D eigenvalue weighted by atomic mass is 9.94. The van der Waals surface area contributed by atoms with E-state index in [1.54, 1.807) is 11.2 Å². The van der Waals surface area contributed by atoms with Crippen molar-refractivity contribution in [3.8, 4) is 0 Å². The van der Waals surface area contributed by atoms with Crippen molar-refractivity contribution >= 4 is 24.0 Å². The maximum atomic E-state index is 13.0. The number of anilines is 1. The van der Waals surface area contributed by atoms with E-state index < -0.39 is 5.97 Å². The van der Waals surface area contributed by atoms with Crippen molar-refractivity contribution in [2.45, 2.75) is 32.2 Å². The number of carbonyl (C=O) groups is 2. The summed E-state index contributed by atoms with van der Waals surface area (Å²) >= 11 is 0. The third-order valence-electron chi connectivity index (χ3n) is 5.09. The van der Waals surface area contributed by atoms with Gasteiger partial charge in [-0.15, -0.1) is 0 Å². The molecule has 152 valence electrons. The molecule has 1 atom stereocenters. The first-order valence-electron chi connectivity index (χ1n) is 9.66. The number of carbonyl (C=O) groups excluding carboxylic acids is 1. The summed E-state index contributed by atoms with van der Waals surface area (Å²) in [7, 11) is 0. The molecule has 1 aromatic rings. The van der Waals surface area contributed by atoms with E-state index in [1.165, 1.54) is 12.3 Å². The maximum Gasteiger partial charge on any atom is 0.354 e. The maximum absolute atomic E-state index is 13.0. The van der Waals surface area contributed by atoms with Gasteiger partial charge >= 0.3 is 5.97 Å². The monoisotopic (exact) mass is 395 g/mol. The molecule has 0 spiro atoms. The number of nitrogens with zero attached hydrogens (tertiary/aromatic N) is 5. The summed E-state index contributed by atoms with van der Waals surface area (Å²) in [5.74, 6) is -0.834. The summed E-state index contributed by atoms with van der Waals surface area (Å²) < 4.78 is 0. The lowest BCUT2D eigenvalue weighted by Crippen LogP contribution is -2.43. The third-order valence-corrected chi connectivity index (χ3v) is 5.09. The third kappa shape index (κ3) is 4.77. The lowest BCUT2D eigenvalue weighted by molar-refractivity contribution is -0.137. The van der Waals surface area contributed by atoms with Crippen molar-refractivity contribution in [3.05, 3.63) is 54.4 Å². The van der Waals surface area contributed by atoms with Gasteiger partial charge in [-0.25, -0.2) is 19.8 Å². The van der Waals surface area contributed by atoms with Gasteiger partial charge in [-0.05, 0) is 31.4 Å². The lowest BCUT2D eigenvalue weighted by Gasteiger charge is -2.33. The van der Waals surface area contributed by atoms with E-state index in [1.807, 2.05) is 36.1 Å². The Morgan fingerprint density at radius 3 is 2.72 bits per heavy atom. The van der Waals surface area contributed by atoms with E-state index in [9.17, 15) is 9.59 Å². The Hall–Kier alpha value is -3.29. The van der Waals surface area contributed by atoms with Crippen LogP contribution < -0.4 is 4.90 Å². The molecule has 3 heterocycles. The summed E-state index contributed by atoms with van der Waals surface area (Å²) in [6, 6.07) is 1.23. The van der Waals surface area contributed by atoms with Gasteiger partial charge in [0.2, 0.25) is 11.9 Å². The average Bonchev–Trinajstić information content (AvgIpc) is 3.23. The van der Waals surface area contributed by atoms with Crippen LogP contribution in [0.5, 0.6) is 0 Å². The second-order valence-electron chi connectivity index (χ2n) is 7.00. The second-order valence-corrected chi connectivity index (χ2v) is 7.00.